The van der Waals surface area contributed by atoms with Gasteiger partial charge in [-0.1, -0.05) is 0 Å². The molecule has 29 heavy (non-hydrogen) atoms. The number of carbonyl (C=O) groups excluding carboxylic acids is 1. The van der Waals surface area contributed by atoms with Gasteiger partial charge in [-0.2, -0.15) is 0 Å². The van der Waals surface area contributed by atoms with Crippen molar-refractivity contribution in [3.63, 3.8) is 0 Å². The fourth-order valence-corrected chi connectivity index (χ4v) is 4.78. The maximum atomic E-state index is 12.4. The lowest BCUT2D eigenvalue weighted by Gasteiger charge is -2.34. The normalized spacial score (nSPS) is 23.8. The van der Waals surface area contributed by atoms with Crippen molar-refractivity contribution in [3.05, 3.63) is 41.0 Å². The second kappa shape index (κ2) is 6.76. The summed E-state index contributed by atoms with van der Waals surface area (Å²) in [5.74, 6) is 2.77. The van der Waals surface area contributed by atoms with Gasteiger partial charge in [0.15, 0.2) is 23.0 Å². The third-order valence-corrected chi connectivity index (χ3v) is 6.12. The minimum Gasteiger partial charge on any atom is -0.493 e. The highest BCUT2D eigenvalue weighted by atomic mass is 16.7. The van der Waals surface area contributed by atoms with Gasteiger partial charge in [0.25, 0.3) is 0 Å². The number of rotatable bonds is 4. The standard InChI is InChI=1S/C22H22O7/c1-24-18-6-12(7-19(25-2)21(18)26-3)20-13-8-17-16(28-10-29-17)5-11(13)4-14-15(20)9-27-22(14)23/h5-8,14-15,20H,4,9-10H2,1-3H3. The Balaban J connectivity index is 1.70. The van der Waals surface area contributed by atoms with Gasteiger partial charge in [-0.05, 0) is 47.4 Å². The molecule has 7 heteroatoms. The van der Waals surface area contributed by atoms with Gasteiger partial charge in [-0.25, -0.2) is 0 Å². The Labute approximate surface area is 168 Å². The number of hydrogen-bond donors (Lipinski definition) is 0. The van der Waals surface area contributed by atoms with E-state index in [0.29, 0.717) is 30.3 Å². The highest BCUT2D eigenvalue weighted by Gasteiger charge is 2.47. The lowest BCUT2D eigenvalue weighted by atomic mass is 9.67. The van der Waals surface area contributed by atoms with Crippen LogP contribution in [0.1, 0.15) is 22.6 Å². The molecule has 2 aliphatic heterocycles. The molecule has 152 valence electrons. The van der Waals surface area contributed by atoms with Crippen LogP contribution in [-0.4, -0.2) is 40.7 Å². The largest absolute Gasteiger partial charge is 0.493 e. The van der Waals surface area contributed by atoms with Gasteiger partial charge in [0.2, 0.25) is 12.5 Å². The molecule has 0 radical (unpaired) electrons. The van der Waals surface area contributed by atoms with Crippen LogP contribution in [0.25, 0.3) is 0 Å². The van der Waals surface area contributed by atoms with Gasteiger partial charge in [0.1, 0.15) is 0 Å². The SMILES string of the molecule is COc1cc(C2c3cc4c(cc3CC3C(=O)OCC32)OCO4)cc(OC)c1OC. The summed E-state index contributed by atoms with van der Waals surface area (Å²) >= 11 is 0. The number of hydrogen-bond acceptors (Lipinski definition) is 7. The molecule has 2 aromatic rings. The Morgan fingerprint density at radius 3 is 2.24 bits per heavy atom. The Kier molecular flexibility index (Phi) is 4.19. The summed E-state index contributed by atoms with van der Waals surface area (Å²) in [6.07, 6.45) is 0.635. The zero-order valence-electron chi connectivity index (χ0n) is 16.5. The van der Waals surface area contributed by atoms with E-state index >= 15 is 0 Å². The average molecular weight is 398 g/mol. The molecule has 2 heterocycles. The van der Waals surface area contributed by atoms with E-state index in [1.807, 2.05) is 24.3 Å². The van der Waals surface area contributed by atoms with E-state index in [1.165, 1.54) is 0 Å². The number of benzene rings is 2. The maximum absolute atomic E-state index is 12.4. The molecule has 0 bridgehead atoms. The fourth-order valence-electron chi connectivity index (χ4n) is 4.78. The van der Waals surface area contributed by atoms with E-state index in [-0.39, 0.29) is 30.5 Å². The van der Waals surface area contributed by atoms with Gasteiger partial charge >= 0.3 is 5.97 Å². The third kappa shape index (κ3) is 2.68. The lowest BCUT2D eigenvalue weighted by molar-refractivity contribution is -0.141. The number of carbonyl (C=O) groups is 1. The van der Waals surface area contributed by atoms with Gasteiger partial charge in [-0.15, -0.1) is 0 Å². The Hall–Kier alpha value is -3.09. The van der Waals surface area contributed by atoms with Crippen molar-refractivity contribution < 1.29 is 33.2 Å². The molecular weight excluding hydrogens is 376 g/mol. The predicted octanol–water partition coefficient (Wildman–Crippen LogP) is 2.92. The fraction of sp³-hybridized carbons (Fsp3) is 0.409. The molecule has 2 aromatic carbocycles. The molecule has 3 atom stereocenters. The van der Waals surface area contributed by atoms with Crippen LogP contribution in [0, 0.1) is 11.8 Å². The molecule has 0 saturated carbocycles. The molecule has 3 aliphatic rings. The predicted molar refractivity (Wildman–Crippen MR) is 102 cm³/mol. The zero-order valence-corrected chi connectivity index (χ0v) is 16.5. The van der Waals surface area contributed by atoms with E-state index < -0.39 is 0 Å². The van der Waals surface area contributed by atoms with Crippen LogP contribution in [0.4, 0.5) is 0 Å². The van der Waals surface area contributed by atoms with Crippen LogP contribution in [0.2, 0.25) is 0 Å². The summed E-state index contributed by atoms with van der Waals surface area (Å²) in [5.41, 5.74) is 3.17. The summed E-state index contributed by atoms with van der Waals surface area (Å²) in [7, 11) is 4.77. The van der Waals surface area contributed by atoms with E-state index in [4.69, 9.17) is 28.4 Å². The molecule has 0 aromatic heterocycles. The van der Waals surface area contributed by atoms with Crippen molar-refractivity contribution in [2.45, 2.75) is 12.3 Å². The highest BCUT2D eigenvalue weighted by molar-refractivity contribution is 5.77. The van der Waals surface area contributed by atoms with Gasteiger partial charge < -0.3 is 28.4 Å². The van der Waals surface area contributed by atoms with Crippen molar-refractivity contribution in [1.29, 1.82) is 0 Å². The molecule has 0 amide bonds. The second-order valence-corrected chi connectivity index (χ2v) is 7.45. The molecule has 1 aliphatic carbocycles. The number of fused-ring (bicyclic) bond motifs is 3. The summed E-state index contributed by atoms with van der Waals surface area (Å²) in [4.78, 5) is 12.4. The average Bonchev–Trinajstić information content (AvgIpc) is 3.35. The third-order valence-electron chi connectivity index (χ3n) is 6.12. The first-order valence-electron chi connectivity index (χ1n) is 9.53. The molecule has 7 nitrogen and oxygen atoms in total. The van der Waals surface area contributed by atoms with Gasteiger partial charge in [-0.3, -0.25) is 4.79 Å². The first kappa shape index (κ1) is 18.0. The van der Waals surface area contributed by atoms with E-state index in [0.717, 1.165) is 28.2 Å². The maximum Gasteiger partial charge on any atom is 0.309 e. The monoisotopic (exact) mass is 398 g/mol. The minimum atomic E-state index is -0.188. The van der Waals surface area contributed by atoms with Crippen LogP contribution < -0.4 is 23.7 Å². The number of methoxy groups -OCH3 is 3. The minimum absolute atomic E-state index is 0.0261. The van der Waals surface area contributed by atoms with E-state index in [1.54, 1.807) is 21.3 Å². The molecular formula is C22H22O7. The quantitative estimate of drug-likeness (QED) is 0.733. The van der Waals surface area contributed by atoms with Crippen LogP contribution in [-0.2, 0) is 16.0 Å². The summed E-state index contributed by atoms with van der Waals surface area (Å²) < 4.78 is 33.2. The van der Waals surface area contributed by atoms with Crippen molar-refractivity contribution in [2.24, 2.45) is 11.8 Å². The lowest BCUT2D eigenvalue weighted by Crippen LogP contribution is -2.31. The second-order valence-electron chi connectivity index (χ2n) is 7.45. The van der Waals surface area contributed by atoms with Crippen molar-refractivity contribution in [1.82, 2.24) is 0 Å². The number of esters is 1. The van der Waals surface area contributed by atoms with Crippen LogP contribution in [0.5, 0.6) is 28.7 Å². The van der Waals surface area contributed by atoms with Gasteiger partial charge in [0.05, 0.1) is 33.9 Å². The molecule has 0 N–H and O–H groups in total. The Morgan fingerprint density at radius 1 is 0.897 bits per heavy atom. The van der Waals surface area contributed by atoms with Crippen molar-refractivity contribution >= 4 is 5.97 Å². The summed E-state index contributed by atoms with van der Waals surface area (Å²) in [6, 6.07) is 7.92. The number of cyclic esters (lactones) is 1. The number of ether oxygens (including phenoxy) is 6. The van der Waals surface area contributed by atoms with Crippen molar-refractivity contribution in [3.8, 4) is 28.7 Å². The highest BCUT2D eigenvalue weighted by Crippen LogP contribution is 2.52. The molecule has 3 unspecified atom stereocenters. The van der Waals surface area contributed by atoms with Crippen LogP contribution in [0.3, 0.4) is 0 Å². The van der Waals surface area contributed by atoms with Crippen LogP contribution in [0.15, 0.2) is 24.3 Å². The van der Waals surface area contributed by atoms with E-state index in [9.17, 15) is 4.79 Å². The van der Waals surface area contributed by atoms with E-state index in [2.05, 4.69) is 0 Å². The molecule has 5 rings (SSSR count). The van der Waals surface area contributed by atoms with Crippen molar-refractivity contribution in [2.75, 3.05) is 34.7 Å². The summed E-state index contributed by atoms with van der Waals surface area (Å²) in [5, 5.41) is 0. The summed E-state index contributed by atoms with van der Waals surface area (Å²) in [6.45, 7) is 0.598. The smallest absolute Gasteiger partial charge is 0.309 e. The topological polar surface area (TPSA) is 72.5 Å². The van der Waals surface area contributed by atoms with Gasteiger partial charge in [0, 0.05) is 11.8 Å². The Bertz CT molecular complexity index is 958. The van der Waals surface area contributed by atoms with Crippen LogP contribution >= 0.6 is 0 Å². The molecule has 1 fully saturated rings. The Morgan fingerprint density at radius 2 is 1.59 bits per heavy atom. The zero-order chi connectivity index (χ0) is 20.1. The first-order valence-corrected chi connectivity index (χ1v) is 9.53. The molecule has 0 spiro atoms. The first-order chi connectivity index (χ1) is 14.1. The molecule has 1 saturated heterocycles.